The summed E-state index contributed by atoms with van der Waals surface area (Å²) in [5.41, 5.74) is 0.683. The van der Waals surface area contributed by atoms with Crippen molar-refractivity contribution < 1.29 is 13.5 Å². The summed E-state index contributed by atoms with van der Waals surface area (Å²) < 4.78 is 32.0. The lowest BCUT2D eigenvalue weighted by atomic mass is 10.2. The van der Waals surface area contributed by atoms with E-state index < -0.39 is 11.6 Å². The number of hydrogen-bond donors (Lipinski definition) is 1. The molecule has 0 radical (unpaired) electrons. The van der Waals surface area contributed by atoms with Crippen LogP contribution in [0.25, 0.3) is 0 Å². The number of halogens is 2. The van der Waals surface area contributed by atoms with Gasteiger partial charge in [-0.1, -0.05) is 6.07 Å². The molecule has 2 rings (SSSR count). The third-order valence-electron chi connectivity index (χ3n) is 2.56. The van der Waals surface area contributed by atoms with Gasteiger partial charge in [0.15, 0.2) is 0 Å². The molecule has 5 heteroatoms. The van der Waals surface area contributed by atoms with Crippen molar-refractivity contribution in [3.05, 3.63) is 53.7 Å². The van der Waals surface area contributed by atoms with Crippen LogP contribution < -0.4 is 10.1 Å². The largest absolute Gasteiger partial charge is 0.478 e. The molecule has 0 amide bonds. The Morgan fingerprint density at radius 1 is 1.16 bits per heavy atom. The third kappa shape index (κ3) is 3.40. The molecule has 0 spiro atoms. The Bertz CT molecular complexity index is 523. The van der Waals surface area contributed by atoms with Crippen LogP contribution in [0.3, 0.4) is 0 Å². The first kappa shape index (κ1) is 13.3. The van der Waals surface area contributed by atoms with Crippen LogP contribution in [0.2, 0.25) is 0 Å². The van der Waals surface area contributed by atoms with E-state index >= 15 is 0 Å². The molecule has 1 aromatic carbocycles. The number of ether oxygens (including phenoxy) is 1. The monoisotopic (exact) mass is 264 g/mol. The summed E-state index contributed by atoms with van der Waals surface area (Å²) in [4.78, 5) is 4.05. The lowest BCUT2D eigenvalue weighted by Gasteiger charge is -2.08. The molecule has 0 fully saturated rings. The second-order valence-electron chi connectivity index (χ2n) is 3.87. The molecule has 0 atom stereocenters. The Morgan fingerprint density at radius 3 is 2.47 bits per heavy atom. The second-order valence-corrected chi connectivity index (χ2v) is 3.87. The maximum Gasteiger partial charge on any atom is 0.213 e. The van der Waals surface area contributed by atoms with Crippen molar-refractivity contribution in [2.75, 3.05) is 11.9 Å². The lowest BCUT2D eigenvalue weighted by molar-refractivity contribution is 0.327. The number of aromatic nitrogens is 1. The van der Waals surface area contributed by atoms with Gasteiger partial charge in [-0.3, -0.25) is 0 Å². The number of rotatable bonds is 5. The minimum absolute atomic E-state index is 0.0105. The summed E-state index contributed by atoms with van der Waals surface area (Å²) in [5, 5.41) is 2.91. The molecular weight excluding hydrogens is 250 g/mol. The highest BCUT2D eigenvalue weighted by Crippen LogP contribution is 2.16. The van der Waals surface area contributed by atoms with Gasteiger partial charge in [-0.2, -0.15) is 0 Å². The molecule has 1 aromatic heterocycles. The second kappa shape index (κ2) is 6.13. The normalized spacial score (nSPS) is 10.3. The van der Waals surface area contributed by atoms with Crippen LogP contribution in [0, 0.1) is 11.6 Å². The molecule has 0 aliphatic rings. The van der Waals surface area contributed by atoms with Crippen molar-refractivity contribution >= 4 is 5.69 Å². The van der Waals surface area contributed by atoms with Crippen LogP contribution in [0.1, 0.15) is 12.5 Å². The van der Waals surface area contributed by atoms with E-state index in [1.54, 1.807) is 18.3 Å². The van der Waals surface area contributed by atoms with Crippen LogP contribution >= 0.6 is 0 Å². The molecule has 0 bridgehead atoms. The van der Waals surface area contributed by atoms with E-state index in [0.29, 0.717) is 18.2 Å². The number of anilines is 1. The molecule has 3 nitrogen and oxygen atoms in total. The predicted octanol–water partition coefficient (Wildman–Crippen LogP) is 3.37. The van der Waals surface area contributed by atoms with Crippen molar-refractivity contribution in [2.45, 2.75) is 13.5 Å². The van der Waals surface area contributed by atoms with Crippen LogP contribution in [0.4, 0.5) is 14.5 Å². The highest BCUT2D eigenvalue weighted by atomic mass is 19.1. The first-order valence-corrected chi connectivity index (χ1v) is 5.96. The van der Waals surface area contributed by atoms with E-state index in [-0.39, 0.29) is 12.1 Å². The summed E-state index contributed by atoms with van der Waals surface area (Å²) in [7, 11) is 0. The standard InChI is InChI=1S/C14H14F2N2O/c1-2-19-14-7-6-10(8-18-14)17-9-11-12(15)4-3-5-13(11)16/h3-8,17H,2,9H2,1H3. The first-order chi connectivity index (χ1) is 9.20. The van der Waals surface area contributed by atoms with Crippen LogP contribution in [0.5, 0.6) is 5.88 Å². The smallest absolute Gasteiger partial charge is 0.213 e. The molecule has 0 aliphatic carbocycles. The SMILES string of the molecule is CCOc1ccc(NCc2c(F)cccc2F)cn1. The minimum Gasteiger partial charge on any atom is -0.478 e. The predicted molar refractivity (Wildman–Crippen MR) is 69.1 cm³/mol. The summed E-state index contributed by atoms with van der Waals surface area (Å²) in [6, 6.07) is 7.25. The van der Waals surface area contributed by atoms with E-state index in [4.69, 9.17) is 4.74 Å². The van der Waals surface area contributed by atoms with E-state index in [9.17, 15) is 8.78 Å². The molecular formula is C14H14F2N2O. The quantitative estimate of drug-likeness (QED) is 0.899. The van der Waals surface area contributed by atoms with Gasteiger partial charge in [-0.05, 0) is 25.1 Å². The Morgan fingerprint density at radius 2 is 1.89 bits per heavy atom. The van der Waals surface area contributed by atoms with Crippen LogP contribution in [-0.4, -0.2) is 11.6 Å². The van der Waals surface area contributed by atoms with E-state index in [1.807, 2.05) is 6.92 Å². The topological polar surface area (TPSA) is 34.1 Å². The third-order valence-corrected chi connectivity index (χ3v) is 2.56. The lowest BCUT2D eigenvalue weighted by Crippen LogP contribution is -2.05. The fourth-order valence-electron chi connectivity index (χ4n) is 1.61. The summed E-state index contributed by atoms with van der Waals surface area (Å²) in [6.07, 6.45) is 1.56. The van der Waals surface area contributed by atoms with Crippen LogP contribution in [-0.2, 0) is 6.54 Å². The molecule has 1 N–H and O–H groups in total. The zero-order valence-corrected chi connectivity index (χ0v) is 10.5. The van der Waals surface area contributed by atoms with Crippen molar-refractivity contribution in [3.63, 3.8) is 0 Å². The van der Waals surface area contributed by atoms with E-state index in [0.717, 1.165) is 0 Å². The van der Waals surface area contributed by atoms with Gasteiger partial charge >= 0.3 is 0 Å². The molecule has 0 saturated carbocycles. The molecule has 0 unspecified atom stereocenters. The highest BCUT2D eigenvalue weighted by molar-refractivity contribution is 5.43. The number of nitrogens with one attached hydrogen (secondary N) is 1. The maximum atomic E-state index is 13.4. The van der Waals surface area contributed by atoms with E-state index in [1.165, 1.54) is 18.2 Å². The Kier molecular flexibility index (Phi) is 4.28. The summed E-state index contributed by atoms with van der Waals surface area (Å²) in [6.45, 7) is 2.48. The van der Waals surface area contributed by atoms with Crippen LogP contribution in [0.15, 0.2) is 36.5 Å². The fraction of sp³-hybridized carbons (Fsp3) is 0.214. The van der Waals surface area contributed by atoms with Gasteiger partial charge in [-0.15, -0.1) is 0 Å². The number of pyridine rings is 1. The van der Waals surface area contributed by atoms with Crippen molar-refractivity contribution in [2.24, 2.45) is 0 Å². The highest BCUT2D eigenvalue weighted by Gasteiger charge is 2.07. The molecule has 2 aromatic rings. The number of hydrogen-bond acceptors (Lipinski definition) is 3. The Balaban J connectivity index is 2.02. The average molecular weight is 264 g/mol. The summed E-state index contributed by atoms with van der Waals surface area (Å²) in [5.74, 6) is -0.608. The van der Waals surface area contributed by atoms with Crippen molar-refractivity contribution in [3.8, 4) is 5.88 Å². The Labute approximate surface area is 110 Å². The number of benzene rings is 1. The number of nitrogens with zero attached hydrogens (tertiary/aromatic N) is 1. The van der Waals surface area contributed by atoms with Gasteiger partial charge in [0, 0.05) is 18.2 Å². The van der Waals surface area contributed by atoms with Gasteiger partial charge in [-0.25, -0.2) is 13.8 Å². The van der Waals surface area contributed by atoms with Gasteiger partial charge in [0.1, 0.15) is 11.6 Å². The molecule has 19 heavy (non-hydrogen) atoms. The molecule has 0 saturated heterocycles. The summed E-state index contributed by atoms with van der Waals surface area (Å²) >= 11 is 0. The van der Waals surface area contributed by atoms with Crippen molar-refractivity contribution in [1.82, 2.24) is 4.98 Å². The van der Waals surface area contributed by atoms with Gasteiger partial charge < -0.3 is 10.1 Å². The Hall–Kier alpha value is -2.17. The van der Waals surface area contributed by atoms with Gasteiger partial charge in [0.25, 0.3) is 0 Å². The zero-order valence-electron chi connectivity index (χ0n) is 10.5. The molecule has 1 heterocycles. The fourth-order valence-corrected chi connectivity index (χ4v) is 1.61. The minimum atomic E-state index is -0.564. The zero-order chi connectivity index (χ0) is 13.7. The van der Waals surface area contributed by atoms with Crippen molar-refractivity contribution in [1.29, 1.82) is 0 Å². The average Bonchev–Trinajstić information content (AvgIpc) is 2.40. The van der Waals surface area contributed by atoms with Gasteiger partial charge in [0.05, 0.1) is 18.5 Å². The first-order valence-electron chi connectivity index (χ1n) is 5.96. The molecule has 0 aliphatic heterocycles. The molecule has 100 valence electrons. The van der Waals surface area contributed by atoms with E-state index in [2.05, 4.69) is 10.3 Å². The van der Waals surface area contributed by atoms with Gasteiger partial charge in [0.2, 0.25) is 5.88 Å². The maximum absolute atomic E-state index is 13.4.